The first-order chi connectivity index (χ1) is 10.0. The van der Waals surface area contributed by atoms with Crippen LogP contribution in [-0.2, 0) is 15.1 Å². The summed E-state index contributed by atoms with van der Waals surface area (Å²) < 4.78 is 5.26. The van der Waals surface area contributed by atoms with Crippen molar-refractivity contribution in [1.82, 2.24) is 0 Å². The van der Waals surface area contributed by atoms with Gasteiger partial charge in [-0.2, -0.15) is 0 Å². The lowest BCUT2D eigenvalue weighted by atomic mass is 9.91. The molecule has 0 aliphatic rings. The number of rotatable bonds is 5. The van der Waals surface area contributed by atoms with Crippen LogP contribution >= 0.6 is 0 Å². The molecule has 0 saturated carbocycles. The Kier molecular flexibility index (Phi) is 5.49. The Bertz CT molecular complexity index is 562. The molecule has 0 spiro atoms. The summed E-state index contributed by atoms with van der Waals surface area (Å²) in [4.78, 5) is 22.3. The van der Waals surface area contributed by atoms with Gasteiger partial charge >= 0.3 is 11.9 Å². The van der Waals surface area contributed by atoms with Crippen molar-refractivity contribution in [3.05, 3.63) is 47.5 Å². The molecule has 1 aromatic rings. The fourth-order valence-electron chi connectivity index (χ4n) is 1.81. The van der Waals surface area contributed by atoms with Crippen molar-refractivity contribution >= 4 is 11.9 Å². The lowest BCUT2D eigenvalue weighted by molar-refractivity contribution is -0.131. The van der Waals surface area contributed by atoms with Gasteiger partial charge < -0.3 is 14.9 Å². The fourth-order valence-corrected chi connectivity index (χ4v) is 1.81. The molecule has 0 aliphatic heterocycles. The van der Waals surface area contributed by atoms with Crippen molar-refractivity contribution in [1.29, 1.82) is 0 Å². The molecule has 5 heteroatoms. The highest BCUT2D eigenvalue weighted by atomic mass is 16.6. The molecule has 1 rings (SSSR count). The zero-order chi connectivity index (χ0) is 17.0. The Morgan fingerprint density at radius 1 is 1.14 bits per heavy atom. The number of hydrogen-bond donors (Lipinski definition) is 2. The summed E-state index contributed by atoms with van der Waals surface area (Å²) in [6, 6.07) is 6.43. The lowest BCUT2D eigenvalue weighted by Gasteiger charge is -2.23. The first-order valence-electron chi connectivity index (χ1n) is 6.97. The van der Waals surface area contributed by atoms with Gasteiger partial charge in [0.2, 0.25) is 0 Å². The van der Waals surface area contributed by atoms with Crippen LogP contribution in [0.5, 0.6) is 0 Å². The summed E-state index contributed by atoms with van der Waals surface area (Å²) >= 11 is 0. The highest BCUT2D eigenvalue weighted by Gasteiger charge is 2.23. The molecule has 0 saturated heterocycles. The zero-order valence-electron chi connectivity index (χ0n) is 13.3. The van der Waals surface area contributed by atoms with E-state index in [2.05, 4.69) is 0 Å². The summed E-state index contributed by atoms with van der Waals surface area (Å²) in [5.74, 6) is -1.49. The standard InChI is InChI=1S/C17H22O5/c1-16(2,3)22-15(20)12-7-9-13(10-8-12)17(4,21)11-5-6-14(18)19/h5-10,21H,11H2,1-4H3,(H,18,19)/b6-5+. The number of ether oxygens (including phenoxy) is 1. The predicted molar refractivity (Wildman–Crippen MR) is 82.6 cm³/mol. The van der Waals surface area contributed by atoms with Crippen molar-refractivity contribution in [3.63, 3.8) is 0 Å². The van der Waals surface area contributed by atoms with Crippen LogP contribution in [0.15, 0.2) is 36.4 Å². The number of carbonyl (C=O) groups excluding carboxylic acids is 1. The third-order valence-electron chi connectivity index (χ3n) is 2.92. The van der Waals surface area contributed by atoms with E-state index in [1.807, 2.05) is 0 Å². The van der Waals surface area contributed by atoms with Gasteiger partial charge in [-0.1, -0.05) is 18.2 Å². The van der Waals surface area contributed by atoms with Gasteiger partial charge in [-0.05, 0) is 51.8 Å². The number of carbonyl (C=O) groups is 2. The van der Waals surface area contributed by atoms with E-state index in [9.17, 15) is 14.7 Å². The van der Waals surface area contributed by atoms with Gasteiger partial charge in [0.1, 0.15) is 5.60 Å². The van der Waals surface area contributed by atoms with Crippen molar-refractivity contribution in [2.75, 3.05) is 0 Å². The van der Waals surface area contributed by atoms with Gasteiger partial charge in [0.15, 0.2) is 0 Å². The van der Waals surface area contributed by atoms with Crippen LogP contribution in [0.2, 0.25) is 0 Å². The minimum atomic E-state index is -1.21. The Hall–Kier alpha value is -2.14. The van der Waals surface area contributed by atoms with Gasteiger partial charge in [0, 0.05) is 6.08 Å². The topological polar surface area (TPSA) is 83.8 Å². The van der Waals surface area contributed by atoms with E-state index in [1.165, 1.54) is 6.08 Å². The number of benzene rings is 1. The van der Waals surface area contributed by atoms with Gasteiger partial charge in [-0.3, -0.25) is 0 Å². The molecule has 5 nitrogen and oxygen atoms in total. The van der Waals surface area contributed by atoms with Crippen molar-refractivity contribution in [3.8, 4) is 0 Å². The van der Waals surface area contributed by atoms with E-state index in [-0.39, 0.29) is 6.42 Å². The Balaban J connectivity index is 2.83. The molecule has 1 aromatic carbocycles. The summed E-state index contributed by atoms with van der Waals surface area (Å²) in [7, 11) is 0. The second kappa shape index (κ2) is 6.75. The molecule has 2 N–H and O–H groups in total. The monoisotopic (exact) mass is 306 g/mol. The van der Waals surface area contributed by atoms with E-state index < -0.39 is 23.1 Å². The molecule has 120 valence electrons. The van der Waals surface area contributed by atoms with Gasteiger partial charge in [-0.25, -0.2) is 9.59 Å². The molecule has 0 bridgehead atoms. The number of esters is 1. The van der Waals surface area contributed by atoms with Gasteiger partial charge in [-0.15, -0.1) is 0 Å². The summed E-state index contributed by atoms with van der Waals surface area (Å²) in [6.07, 6.45) is 2.54. The number of carboxylic acids is 1. The molecule has 0 aliphatic carbocycles. The van der Waals surface area contributed by atoms with Crippen LogP contribution in [0.3, 0.4) is 0 Å². The number of aliphatic carboxylic acids is 1. The first-order valence-corrected chi connectivity index (χ1v) is 6.97. The molecular weight excluding hydrogens is 284 g/mol. The van der Waals surface area contributed by atoms with Crippen molar-refractivity contribution < 1.29 is 24.5 Å². The maximum absolute atomic E-state index is 11.9. The van der Waals surface area contributed by atoms with Crippen molar-refractivity contribution in [2.45, 2.75) is 45.3 Å². The normalized spacial score (nSPS) is 14.6. The van der Waals surface area contributed by atoms with Gasteiger partial charge in [0.05, 0.1) is 11.2 Å². The maximum Gasteiger partial charge on any atom is 0.338 e. The number of hydrogen-bond acceptors (Lipinski definition) is 4. The summed E-state index contributed by atoms with van der Waals surface area (Å²) in [5.41, 5.74) is -0.785. The maximum atomic E-state index is 11.9. The largest absolute Gasteiger partial charge is 0.478 e. The molecule has 22 heavy (non-hydrogen) atoms. The van der Waals surface area contributed by atoms with E-state index in [1.54, 1.807) is 52.0 Å². The molecule has 0 fully saturated rings. The zero-order valence-corrected chi connectivity index (χ0v) is 13.3. The average molecular weight is 306 g/mol. The lowest BCUT2D eigenvalue weighted by Crippen LogP contribution is -2.24. The second-order valence-electron chi connectivity index (χ2n) is 6.30. The van der Waals surface area contributed by atoms with Gasteiger partial charge in [0.25, 0.3) is 0 Å². The SMILES string of the molecule is CC(C)(C)OC(=O)c1ccc(C(C)(O)C/C=C/C(=O)O)cc1. The van der Waals surface area contributed by atoms with Crippen LogP contribution in [0, 0.1) is 0 Å². The first kappa shape index (κ1) is 17.9. The average Bonchev–Trinajstić information content (AvgIpc) is 2.36. The Morgan fingerprint density at radius 2 is 1.68 bits per heavy atom. The third kappa shape index (κ3) is 5.69. The molecule has 0 aromatic heterocycles. The van der Waals surface area contributed by atoms with Crippen LogP contribution in [0.25, 0.3) is 0 Å². The van der Waals surface area contributed by atoms with Crippen molar-refractivity contribution in [2.24, 2.45) is 0 Å². The number of aliphatic hydroxyl groups is 1. The van der Waals surface area contributed by atoms with E-state index in [0.717, 1.165) is 6.08 Å². The third-order valence-corrected chi connectivity index (χ3v) is 2.92. The number of carboxylic acid groups (broad SMARTS) is 1. The van der Waals surface area contributed by atoms with Crippen LogP contribution < -0.4 is 0 Å². The predicted octanol–water partition coefficient (Wildman–Crippen LogP) is 2.88. The van der Waals surface area contributed by atoms with Crippen LogP contribution in [0.4, 0.5) is 0 Å². The molecular formula is C17H22O5. The van der Waals surface area contributed by atoms with E-state index in [0.29, 0.717) is 11.1 Å². The molecule has 0 amide bonds. The molecule has 0 radical (unpaired) electrons. The quantitative estimate of drug-likeness (QED) is 0.645. The summed E-state index contributed by atoms with van der Waals surface area (Å²) in [6.45, 7) is 6.96. The summed E-state index contributed by atoms with van der Waals surface area (Å²) in [5, 5.41) is 18.9. The molecule has 0 heterocycles. The minimum absolute atomic E-state index is 0.158. The van der Waals surface area contributed by atoms with E-state index in [4.69, 9.17) is 9.84 Å². The molecule has 1 atom stereocenters. The van der Waals surface area contributed by atoms with Crippen LogP contribution in [0.1, 0.15) is 50.0 Å². The fraction of sp³-hybridized carbons (Fsp3) is 0.412. The van der Waals surface area contributed by atoms with E-state index >= 15 is 0 Å². The second-order valence-corrected chi connectivity index (χ2v) is 6.30. The smallest absolute Gasteiger partial charge is 0.338 e. The Morgan fingerprint density at radius 3 is 2.14 bits per heavy atom. The Labute approximate surface area is 130 Å². The molecule has 1 unspecified atom stereocenters. The minimum Gasteiger partial charge on any atom is -0.478 e. The van der Waals surface area contributed by atoms with Crippen LogP contribution in [-0.4, -0.2) is 27.8 Å². The highest BCUT2D eigenvalue weighted by Crippen LogP contribution is 2.25. The highest BCUT2D eigenvalue weighted by molar-refractivity contribution is 5.89.